The largest absolute Gasteiger partial charge is 0.507 e. The number of nitrogens with zero attached hydrogens (tertiary/aromatic N) is 1. The molecule has 0 saturated heterocycles. The molecule has 16 heteroatoms. The number of aromatic nitrogens is 1. The van der Waals surface area contributed by atoms with Crippen molar-refractivity contribution in [3.63, 3.8) is 0 Å². The summed E-state index contributed by atoms with van der Waals surface area (Å²) in [5.41, 5.74) is 3.28. The van der Waals surface area contributed by atoms with Gasteiger partial charge in [0.2, 0.25) is 5.76 Å². The Bertz CT molecular complexity index is 3570. The SMILES string of the molecule is CCCCCCCCP(=O)(CCCCCCCC)CCCCCCCC.CCCCCCCCP(=O)(CCCCCCCC)CCCCCCCC.CCn1c2ccccc2c2cc(C(=O)C=C(O)c3cc(OC)cc(OC)c3)ccc21.O=C(C=C(O)C(F)(F)F)c1ccc2ccc3ccccc3c2c1.[Eu].[Eu]. The Hall–Kier alpha value is -2.92. The minimum absolute atomic E-state index is 0. The van der Waals surface area contributed by atoms with Crippen LogP contribution in [0.15, 0.2) is 133 Å². The number of fused-ring (bicyclic) bond motifs is 6. The zero-order valence-corrected chi connectivity index (χ0v) is 73.7. The minimum atomic E-state index is -4.93. The average molecular weight is 1790 g/mol. The third-order valence-corrected chi connectivity index (χ3v) is 27.2. The summed E-state index contributed by atoms with van der Waals surface area (Å²) in [5, 5.41) is 25.1. The van der Waals surface area contributed by atoms with E-state index in [-0.39, 0.29) is 122 Å². The normalized spacial score (nSPS) is 11.9. The van der Waals surface area contributed by atoms with E-state index >= 15 is 0 Å². The van der Waals surface area contributed by atoms with Crippen LogP contribution in [0.2, 0.25) is 0 Å². The fourth-order valence-corrected chi connectivity index (χ4v) is 20.1. The van der Waals surface area contributed by atoms with Crippen molar-refractivity contribution in [2.45, 2.75) is 292 Å². The standard InChI is InChI=1S/C25H23NO4.2C24H51OP.C18H11F3O2.2Eu/c1-4-26-22-8-6-5-7-20(22)21-13-16(9-10-23(21)26)24(27)15-25(28)17-11-18(29-2)14-19(12-17)30-3;2*1-4-7-10-13-16-19-22-26(25,23-20-17-14-11-8-5-2)24-21-18-15-12-9-6-3;19-18(20,21)17(23)10-16(22)13-8-7-12-6-5-11-3-1-2-4-14(11)15(12)9-13;;/h5-15,28H,4H2,1-3H3;2*4-24H2,1-3H3;1-10,23H;;. The van der Waals surface area contributed by atoms with Crippen molar-refractivity contribution in [1.82, 2.24) is 4.57 Å². The molecule has 0 atom stereocenters. The number of aliphatic hydroxyl groups is 2. The van der Waals surface area contributed by atoms with Gasteiger partial charge in [-0.2, -0.15) is 13.2 Å². The van der Waals surface area contributed by atoms with Gasteiger partial charge >= 0.3 is 6.18 Å². The molecule has 7 aromatic rings. The number of benzene rings is 6. The van der Waals surface area contributed by atoms with Gasteiger partial charge in [0.1, 0.15) is 17.3 Å². The molecule has 1 aromatic heterocycles. The number of ketones is 2. The van der Waals surface area contributed by atoms with Crippen molar-refractivity contribution in [3.05, 3.63) is 150 Å². The number of hydrogen-bond donors (Lipinski definition) is 2. The van der Waals surface area contributed by atoms with Crippen LogP contribution in [-0.2, 0) is 15.7 Å². The van der Waals surface area contributed by atoms with Crippen LogP contribution in [0, 0.1) is 98.8 Å². The predicted molar refractivity (Wildman–Crippen MR) is 447 cm³/mol. The molecule has 6 aromatic carbocycles. The average Bonchev–Trinajstić information content (AvgIpc) is 1.64. The topological polar surface area (TPSA) is 132 Å². The Balaban J connectivity index is 0.000000484. The van der Waals surface area contributed by atoms with Crippen LogP contribution in [-0.4, -0.2) is 83.7 Å². The minimum Gasteiger partial charge on any atom is -0.507 e. The van der Waals surface area contributed by atoms with Gasteiger partial charge in [0.25, 0.3) is 0 Å². The molecule has 2 radical (unpaired) electrons. The molecule has 0 fully saturated rings. The molecule has 0 bridgehead atoms. The van der Waals surface area contributed by atoms with E-state index in [1.54, 1.807) is 36.4 Å². The molecule has 598 valence electrons. The number of methoxy groups -OCH3 is 2. The van der Waals surface area contributed by atoms with Gasteiger partial charge < -0.3 is 33.4 Å². The molecule has 107 heavy (non-hydrogen) atoms. The van der Waals surface area contributed by atoms with E-state index in [9.17, 15) is 37.0 Å². The molecule has 7 rings (SSSR count). The summed E-state index contributed by atoms with van der Waals surface area (Å²) in [6, 6.07) is 34.8. The first-order valence-electron chi connectivity index (χ1n) is 41.1. The van der Waals surface area contributed by atoms with Crippen LogP contribution in [0.1, 0.15) is 306 Å². The smallest absolute Gasteiger partial charge is 0.448 e. The zero-order chi connectivity index (χ0) is 76.6. The number of aliphatic hydroxyl groups excluding tert-OH is 2. The fraction of sp³-hybridized carbons (Fsp3) is 0.582. The number of carbonyl (C=O) groups is 2. The van der Waals surface area contributed by atoms with Gasteiger partial charge in [-0.15, -0.1) is 0 Å². The number of allylic oxidation sites excluding steroid dienone is 3. The fourth-order valence-electron chi connectivity index (χ4n) is 14.0. The molecule has 1 heterocycles. The Morgan fingerprint density at radius 3 is 1.07 bits per heavy atom. The van der Waals surface area contributed by atoms with Gasteiger partial charge in [0.05, 0.1) is 28.5 Å². The third-order valence-electron chi connectivity index (χ3n) is 20.4. The number of para-hydroxylation sites is 1. The second-order valence-electron chi connectivity index (χ2n) is 29.2. The van der Waals surface area contributed by atoms with Crippen LogP contribution in [0.3, 0.4) is 0 Å². The van der Waals surface area contributed by atoms with Crippen LogP contribution in [0.4, 0.5) is 13.2 Å². The van der Waals surface area contributed by atoms with E-state index in [1.807, 2.05) is 60.7 Å². The molecule has 0 unspecified atom stereocenters. The Labute approximate surface area is 726 Å². The molecule has 0 aliphatic carbocycles. The number of alkyl halides is 3. The van der Waals surface area contributed by atoms with Gasteiger partial charge in [0, 0.05) is 199 Å². The van der Waals surface area contributed by atoms with E-state index in [1.165, 1.54) is 258 Å². The summed E-state index contributed by atoms with van der Waals surface area (Å²) in [4.78, 5) is 24.8. The maximum Gasteiger partial charge on any atom is 0.448 e. The van der Waals surface area contributed by atoms with Gasteiger partial charge in [0.15, 0.2) is 11.6 Å². The van der Waals surface area contributed by atoms with Gasteiger partial charge in [-0.25, -0.2) is 0 Å². The molecule has 0 spiro atoms. The van der Waals surface area contributed by atoms with Crippen molar-refractivity contribution < 1.29 is 150 Å². The van der Waals surface area contributed by atoms with Crippen molar-refractivity contribution in [2.24, 2.45) is 0 Å². The molecule has 0 amide bonds. The number of ether oxygens (including phenoxy) is 2. The molecule has 0 aliphatic rings. The van der Waals surface area contributed by atoms with Crippen LogP contribution >= 0.6 is 14.3 Å². The number of hydrogen-bond acceptors (Lipinski definition) is 8. The number of halogens is 3. The summed E-state index contributed by atoms with van der Waals surface area (Å²) >= 11 is 0. The first kappa shape index (κ1) is 100. The second-order valence-corrected chi connectivity index (χ2v) is 36.1. The molecular weight excluding hydrogens is 1660 g/mol. The van der Waals surface area contributed by atoms with Crippen molar-refractivity contribution in [3.8, 4) is 11.5 Å². The molecule has 2 N–H and O–H groups in total. The number of rotatable bonds is 50. The monoisotopic (exact) mass is 1800 g/mol. The van der Waals surface area contributed by atoms with Crippen molar-refractivity contribution in [1.29, 1.82) is 0 Å². The first-order valence-corrected chi connectivity index (χ1v) is 45.6. The quantitative estimate of drug-likeness (QED) is 0.00962. The third kappa shape index (κ3) is 39.1. The summed E-state index contributed by atoms with van der Waals surface area (Å²) in [6.45, 7) is 16.6. The van der Waals surface area contributed by atoms with E-state index in [4.69, 9.17) is 14.6 Å². The summed E-state index contributed by atoms with van der Waals surface area (Å²) in [5.74, 6) is -2.15. The van der Waals surface area contributed by atoms with Crippen molar-refractivity contribution in [2.75, 3.05) is 51.2 Å². The molecule has 0 saturated carbocycles. The van der Waals surface area contributed by atoms with Gasteiger partial charge in [-0.1, -0.05) is 301 Å². The Morgan fingerprint density at radius 1 is 0.374 bits per heavy atom. The van der Waals surface area contributed by atoms with E-state index in [2.05, 4.69) is 65.2 Å². The zero-order valence-electron chi connectivity index (χ0n) is 67.1. The van der Waals surface area contributed by atoms with Gasteiger partial charge in [-0.3, -0.25) is 9.59 Å². The Kier molecular flexibility index (Phi) is 55.1. The van der Waals surface area contributed by atoms with Crippen LogP contribution < -0.4 is 9.47 Å². The molecule has 0 aliphatic heterocycles. The Morgan fingerprint density at radius 2 is 0.692 bits per heavy atom. The summed E-state index contributed by atoms with van der Waals surface area (Å²) < 4.78 is 76.6. The van der Waals surface area contributed by atoms with Crippen LogP contribution in [0.25, 0.3) is 49.1 Å². The number of aryl methyl sites for hydroxylation is 1. The molecular formula is C91H136Eu2F3NO8P2. The summed E-state index contributed by atoms with van der Waals surface area (Å²) in [7, 11) is -0.704. The maximum absolute atomic E-state index is 13.5. The number of unbranched alkanes of at least 4 members (excludes halogenated alkanes) is 30. The second kappa shape index (κ2) is 58.9. The predicted octanol–water partition coefficient (Wildman–Crippen LogP) is 29.7. The van der Waals surface area contributed by atoms with Gasteiger partial charge in [-0.05, 0) is 109 Å². The van der Waals surface area contributed by atoms with E-state index in [0.717, 1.165) is 86.9 Å². The van der Waals surface area contributed by atoms with Crippen LogP contribution in [0.5, 0.6) is 11.5 Å². The van der Waals surface area contributed by atoms with E-state index in [0.29, 0.717) is 22.6 Å². The first-order chi connectivity index (χ1) is 50.8. The van der Waals surface area contributed by atoms with Crippen molar-refractivity contribution >= 4 is 75.0 Å². The summed E-state index contributed by atoms with van der Waals surface area (Å²) in [6.07, 6.45) is 50.3. The number of carbonyl (C=O) groups excluding carboxylic acids is 2. The maximum atomic E-state index is 13.5. The van der Waals surface area contributed by atoms with E-state index < -0.39 is 32.0 Å². The molecule has 9 nitrogen and oxygen atoms in total.